The van der Waals surface area contributed by atoms with Gasteiger partial charge in [0.25, 0.3) is 0 Å². The van der Waals surface area contributed by atoms with E-state index in [4.69, 9.17) is 4.74 Å². The van der Waals surface area contributed by atoms with Gasteiger partial charge < -0.3 is 9.84 Å². The van der Waals surface area contributed by atoms with Crippen LogP contribution in [0.1, 0.15) is 18.0 Å². The Morgan fingerprint density at radius 3 is 2.56 bits per heavy atom. The summed E-state index contributed by atoms with van der Waals surface area (Å²) >= 11 is 0. The monoisotopic (exact) mass is 273 g/mol. The number of aliphatic hydroxyl groups excluding tert-OH is 1. The predicted octanol–water partition coefficient (Wildman–Crippen LogP) is 0.676. The Bertz CT molecular complexity index is 433. The summed E-state index contributed by atoms with van der Waals surface area (Å²) in [7, 11) is -1.87. The molecule has 1 rings (SSSR count). The van der Waals surface area contributed by atoms with Crippen LogP contribution in [-0.4, -0.2) is 39.6 Å². The fraction of sp³-hybridized carbons (Fsp3) is 0.500. The minimum absolute atomic E-state index is 0.00975. The van der Waals surface area contributed by atoms with Gasteiger partial charge in [0.2, 0.25) is 10.0 Å². The van der Waals surface area contributed by atoms with Crippen molar-refractivity contribution in [2.24, 2.45) is 0 Å². The highest BCUT2D eigenvalue weighted by molar-refractivity contribution is 7.89. The lowest BCUT2D eigenvalue weighted by atomic mass is 10.1. The number of methoxy groups -OCH3 is 1. The van der Waals surface area contributed by atoms with E-state index in [1.807, 2.05) is 6.07 Å². The van der Waals surface area contributed by atoms with Gasteiger partial charge in [0.05, 0.1) is 18.4 Å². The summed E-state index contributed by atoms with van der Waals surface area (Å²) in [5.41, 5.74) is 0.746. The molecule has 0 heterocycles. The predicted molar refractivity (Wildman–Crippen MR) is 69.7 cm³/mol. The van der Waals surface area contributed by atoms with E-state index >= 15 is 0 Å². The molecule has 0 aliphatic carbocycles. The Morgan fingerprint density at radius 1 is 1.33 bits per heavy atom. The number of nitrogens with one attached hydrogen (secondary N) is 1. The number of hydrogen-bond acceptors (Lipinski definition) is 4. The molecule has 0 aliphatic rings. The van der Waals surface area contributed by atoms with Crippen LogP contribution in [0.4, 0.5) is 0 Å². The molecule has 1 atom stereocenters. The zero-order valence-electron chi connectivity index (χ0n) is 10.4. The van der Waals surface area contributed by atoms with Gasteiger partial charge in [-0.05, 0) is 12.0 Å². The van der Waals surface area contributed by atoms with Crippen LogP contribution in [0.25, 0.3) is 0 Å². The van der Waals surface area contributed by atoms with Crippen molar-refractivity contribution in [3.8, 4) is 0 Å². The SMILES string of the molecule is COCCCS(=O)(=O)N[C@H](CO)c1ccccc1. The molecule has 0 aliphatic heterocycles. The van der Waals surface area contributed by atoms with Crippen LogP contribution in [0.5, 0.6) is 0 Å². The van der Waals surface area contributed by atoms with Crippen molar-refractivity contribution >= 4 is 10.0 Å². The molecule has 2 N–H and O–H groups in total. The maximum atomic E-state index is 11.8. The van der Waals surface area contributed by atoms with Gasteiger partial charge in [-0.25, -0.2) is 13.1 Å². The van der Waals surface area contributed by atoms with Crippen LogP contribution >= 0.6 is 0 Å². The first kappa shape index (κ1) is 15.1. The molecule has 0 radical (unpaired) electrons. The Morgan fingerprint density at radius 2 is 2.00 bits per heavy atom. The number of ether oxygens (including phenoxy) is 1. The van der Waals surface area contributed by atoms with Crippen molar-refractivity contribution < 1.29 is 18.3 Å². The zero-order valence-corrected chi connectivity index (χ0v) is 11.2. The van der Waals surface area contributed by atoms with Gasteiger partial charge >= 0.3 is 0 Å². The van der Waals surface area contributed by atoms with E-state index in [0.717, 1.165) is 5.56 Å². The van der Waals surface area contributed by atoms with Gasteiger partial charge in [0.1, 0.15) is 0 Å². The van der Waals surface area contributed by atoms with Gasteiger partial charge in [0, 0.05) is 13.7 Å². The topological polar surface area (TPSA) is 75.6 Å². The summed E-state index contributed by atoms with van der Waals surface area (Å²) in [6.07, 6.45) is 0.429. The van der Waals surface area contributed by atoms with Crippen molar-refractivity contribution in [2.45, 2.75) is 12.5 Å². The highest BCUT2D eigenvalue weighted by atomic mass is 32.2. The van der Waals surface area contributed by atoms with Crippen LogP contribution in [-0.2, 0) is 14.8 Å². The molecule has 0 saturated carbocycles. The third kappa shape index (κ3) is 5.14. The minimum atomic E-state index is -3.40. The highest BCUT2D eigenvalue weighted by Crippen LogP contribution is 2.13. The molecule has 0 unspecified atom stereocenters. The fourth-order valence-electron chi connectivity index (χ4n) is 1.57. The molecule has 1 aromatic carbocycles. The number of benzene rings is 1. The third-order valence-corrected chi connectivity index (χ3v) is 3.94. The third-order valence-electron chi connectivity index (χ3n) is 2.47. The van der Waals surface area contributed by atoms with Crippen molar-refractivity contribution in [3.63, 3.8) is 0 Å². The van der Waals surface area contributed by atoms with E-state index in [-0.39, 0.29) is 12.4 Å². The zero-order chi connectivity index (χ0) is 13.4. The lowest BCUT2D eigenvalue weighted by Crippen LogP contribution is -2.33. The summed E-state index contributed by atoms with van der Waals surface area (Å²) in [6.45, 7) is 0.129. The molecule has 0 aromatic heterocycles. The number of rotatable bonds is 8. The first-order valence-corrected chi connectivity index (χ1v) is 7.39. The molecule has 0 spiro atoms. The van der Waals surface area contributed by atoms with Crippen LogP contribution in [0, 0.1) is 0 Å². The van der Waals surface area contributed by atoms with Crippen LogP contribution in [0.15, 0.2) is 30.3 Å². The second-order valence-corrected chi connectivity index (χ2v) is 5.80. The second-order valence-electron chi connectivity index (χ2n) is 3.93. The minimum Gasteiger partial charge on any atom is -0.394 e. The molecule has 6 heteroatoms. The summed E-state index contributed by atoms with van der Waals surface area (Å²) in [5, 5.41) is 9.26. The molecule has 102 valence electrons. The lowest BCUT2D eigenvalue weighted by molar-refractivity contribution is 0.199. The van der Waals surface area contributed by atoms with Crippen molar-refractivity contribution in [3.05, 3.63) is 35.9 Å². The molecule has 0 amide bonds. The van der Waals surface area contributed by atoms with E-state index in [1.165, 1.54) is 7.11 Å². The summed E-state index contributed by atoms with van der Waals surface area (Å²) in [5.74, 6) is -0.00975. The highest BCUT2D eigenvalue weighted by Gasteiger charge is 2.18. The Kier molecular flexibility index (Phi) is 6.28. The molecule has 5 nitrogen and oxygen atoms in total. The summed E-state index contributed by atoms with van der Waals surface area (Å²) in [4.78, 5) is 0. The van der Waals surface area contributed by atoms with E-state index in [1.54, 1.807) is 24.3 Å². The Labute approximate surface area is 108 Å². The summed E-state index contributed by atoms with van der Waals surface area (Å²) in [6, 6.07) is 8.40. The van der Waals surface area contributed by atoms with Gasteiger partial charge in [-0.2, -0.15) is 0 Å². The second kappa shape index (κ2) is 7.48. The Balaban J connectivity index is 2.63. The van der Waals surface area contributed by atoms with Gasteiger partial charge in [0.15, 0.2) is 0 Å². The number of sulfonamides is 1. The smallest absolute Gasteiger partial charge is 0.212 e. The van der Waals surface area contributed by atoms with Crippen molar-refractivity contribution in [1.82, 2.24) is 4.72 Å². The Hall–Kier alpha value is -0.950. The van der Waals surface area contributed by atoms with Gasteiger partial charge in [-0.1, -0.05) is 30.3 Å². The standard InChI is InChI=1S/C12H19NO4S/c1-17-8-5-9-18(15,16)13-12(10-14)11-6-3-2-4-7-11/h2-4,6-7,12-14H,5,8-10H2,1H3/t12-/m1/s1. The maximum Gasteiger partial charge on any atom is 0.212 e. The normalized spacial score (nSPS) is 13.4. The quantitative estimate of drug-likeness (QED) is 0.683. The largest absolute Gasteiger partial charge is 0.394 e. The van der Waals surface area contributed by atoms with E-state index < -0.39 is 16.1 Å². The fourth-order valence-corrected chi connectivity index (χ4v) is 2.82. The molecular formula is C12H19NO4S. The number of aliphatic hydroxyl groups is 1. The molecule has 0 fully saturated rings. The van der Waals surface area contributed by atoms with E-state index in [2.05, 4.69) is 4.72 Å². The average Bonchev–Trinajstić information content (AvgIpc) is 2.37. The van der Waals surface area contributed by atoms with Gasteiger partial charge in [-0.15, -0.1) is 0 Å². The van der Waals surface area contributed by atoms with E-state index in [9.17, 15) is 13.5 Å². The lowest BCUT2D eigenvalue weighted by Gasteiger charge is -2.16. The van der Waals surface area contributed by atoms with Crippen LogP contribution in [0.3, 0.4) is 0 Å². The van der Waals surface area contributed by atoms with Crippen molar-refractivity contribution in [2.75, 3.05) is 26.1 Å². The molecule has 18 heavy (non-hydrogen) atoms. The molecule has 0 bridgehead atoms. The van der Waals surface area contributed by atoms with Crippen molar-refractivity contribution in [1.29, 1.82) is 0 Å². The van der Waals surface area contributed by atoms with Crippen LogP contribution < -0.4 is 4.72 Å². The molecule has 0 saturated heterocycles. The first-order valence-electron chi connectivity index (χ1n) is 5.74. The first-order chi connectivity index (χ1) is 8.59. The summed E-state index contributed by atoms with van der Waals surface area (Å²) < 4.78 is 30.8. The number of hydrogen-bond donors (Lipinski definition) is 2. The molecule has 1 aromatic rings. The average molecular weight is 273 g/mol. The molecular weight excluding hydrogens is 254 g/mol. The van der Waals surface area contributed by atoms with Crippen LogP contribution in [0.2, 0.25) is 0 Å². The van der Waals surface area contributed by atoms with E-state index in [0.29, 0.717) is 13.0 Å². The maximum absolute atomic E-state index is 11.8. The van der Waals surface area contributed by atoms with Gasteiger partial charge in [-0.3, -0.25) is 0 Å².